The van der Waals surface area contributed by atoms with Gasteiger partial charge in [0.25, 0.3) is 5.91 Å². The van der Waals surface area contributed by atoms with Gasteiger partial charge in [-0.1, -0.05) is 0 Å². The first kappa shape index (κ1) is 16.2. The molecule has 0 spiro atoms. The van der Waals surface area contributed by atoms with E-state index < -0.39 is 0 Å². The summed E-state index contributed by atoms with van der Waals surface area (Å²) in [4.78, 5) is 14.2. The van der Waals surface area contributed by atoms with E-state index >= 15 is 0 Å². The van der Waals surface area contributed by atoms with Crippen molar-refractivity contribution in [3.8, 4) is 0 Å². The second-order valence-electron chi connectivity index (χ2n) is 5.68. The molecule has 0 unspecified atom stereocenters. The number of rotatable bonds is 6. The van der Waals surface area contributed by atoms with Crippen molar-refractivity contribution in [3.63, 3.8) is 0 Å². The van der Waals surface area contributed by atoms with Crippen molar-refractivity contribution in [2.45, 2.75) is 12.8 Å². The van der Waals surface area contributed by atoms with Crippen molar-refractivity contribution in [2.75, 3.05) is 36.4 Å². The molecule has 0 saturated carbocycles. The van der Waals surface area contributed by atoms with E-state index in [2.05, 4.69) is 25.7 Å². The van der Waals surface area contributed by atoms with Gasteiger partial charge in [0.05, 0.1) is 11.9 Å². The average Bonchev–Trinajstić information content (AvgIpc) is 3.14. The lowest BCUT2D eigenvalue weighted by Gasteiger charge is -2.17. The third-order valence-electron chi connectivity index (χ3n) is 3.93. The van der Waals surface area contributed by atoms with Crippen molar-refractivity contribution >= 4 is 17.4 Å². The maximum atomic E-state index is 12.8. The summed E-state index contributed by atoms with van der Waals surface area (Å²) >= 11 is 0. The van der Waals surface area contributed by atoms with Crippen molar-refractivity contribution in [2.24, 2.45) is 0 Å². The Hall–Kier alpha value is -2.70. The van der Waals surface area contributed by atoms with E-state index in [1.165, 1.54) is 37.1 Å². The highest BCUT2D eigenvalue weighted by atomic mass is 19.1. The Morgan fingerprint density at radius 2 is 1.92 bits per heavy atom. The van der Waals surface area contributed by atoms with Gasteiger partial charge in [-0.05, 0) is 37.1 Å². The summed E-state index contributed by atoms with van der Waals surface area (Å²) in [5.41, 5.74) is 1.51. The van der Waals surface area contributed by atoms with Crippen LogP contribution in [0, 0.1) is 5.82 Å². The molecule has 7 heteroatoms. The Morgan fingerprint density at radius 1 is 1.17 bits per heavy atom. The molecule has 0 bridgehead atoms. The first-order valence-electron chi connectivity index (χ1n) is 8.08. The van der Waals surface area contributed by atoms with Crippen LogP contribution in [0.4, 0.5) is 15.9 Å². The maximum absolute atomic E-state index is 12.8. The van der Waals surface area contributed by atoms with Gasteiger partial charge in [0.15, 0.2) is 5.82 Å². The lowest BCUT2D eigenvalue weighted by atomic mass is 10.2. The van der Waals surface area contributed by atoms with Crippen LogP contribution in [0.3, 0.4) is 0 Å². The Kier molecular flexibility index (Phi) is 5.20. The van der Waals surface area contributed by atoms with E-state index in [-0.39, 0.29) is 11.7 Å². The van der Waals surface area contributed by atoms with Crippen molar-refractivity contribution in [1.82, 2.24) is 15.5 Å². The number of nitrogens with zero attached hydrogens (tertiary/aromatic N) is 3. The zero-order valence-electron chi connectivity index (χ0n) is 13.3. The summed E-state index contributed by atoms with van der Waals surface area (Å²) in [6.45, 7) is 3.08. The van der Waals surface area contributed by atoms with Crippen molar-refractivity contribution < 1.29 is 9.18 Å². The van der Waals surface area contributed by atoms with Crippen LogP contribution in [0.2, 0.25) is 0 Å². The standard InChI is InChI=1S/C17H20FN5O/c18-14-5-3-13(4-6-14)17(24)20-8-7-19-16-11-15(12-21-22-16)23-9-1-2-10-23/h3-6,11-12H,1-2,7-10H2,(H,19,22)(H,20,24). The van der Waals surface area contributed by atoms with E-state index in [9.17, 15) is 9.18 Å². The normalized spacial score (nSPS) is 13.8. The molecule has 24 heavy (non-hydrogen) atoms. The molecule has 3 rings (SSSR count). The first-order valence-corrected chi connectivity index (χ1v) is 8.08. The molecule has 2 heterocycles. The minimum Gasteiger partial charge on any atom is -0.370 e. The molecule has 1 aromatic carbocycles. The van der Waals surface area contributed by atoms with Crippen LogP contribution >= 0.6 is 0 Å². The highest BCUT2D eigenvalue weighted by molar-refractivity contribution is 5.94. The first-order chi connectivity index (χ1) is 11.7. The topological polar surface area (TPSA) is 70.2 Å². The molecule has 0 aliphatic carbocycles. The van der Waals surface area contributed by atoms with Gasteiger partial charge in [0, 0.05) is 37.8 Å². The minimum absolute atomic E-state index is 0.228. The van der Waals surface area contributed by atoms with Gasteiger partial charge in [0.2, 0.25) is 0 Å². The SMILES string of the molecule is O=C(NCCNc1cc(N2CCCC2)cnn1)c1ccc(F)cc1. The van der Waals surface area contributed by atoms with Crippen LogP contribution < -0.4 is 15.5 Å². The quantitative estimate of drug-likeness (QED) is 0.794. The molecule has 126 valence electrons. The molecular weight excluding hydrogens is 309 g/mol. The smallest absolute Gasteiger partial charge is 0.251 e. The molecule has 6 nitrogen and oxygen atoms in total. The number of halogens is 1. The van der Waals surface area contributed by atoms with E-state index in [4.69, 9.17) is 0 Å². The zero-order chi connectivity index (χ0) is 16.8. The minimum atomic E-state index is -0.357. The summed E-state index contributed by atoms with van der Waals surface area (Å²) in [7, 11) is 0. The van der Waals surface area contributed by atoms with Crippen LogP contribution in [0.5, 0.6) is 0 Å². The molecule has 0 atom stereocenters. The van der Waals surface area contributed by atoms with Crippen molar-refractivity contribution in [3.05, 3.63) is 47.9 Å². The maximum Gasteiger partial charge on any atom is 0.251 e. The highest BCUT2D eigenvalue weighted by Gasteiger charge is 2.13. The Morgan fingerprint density at radius 3 is 2.67 bits per heavy atom. The molecule has 1 aliphatic heterocycles. The molecule has 1 fully saturated rings. The Balaban J connectivity index is 1.45. The number of amides is 1. The van der Waals surface area contributed by atoms with Crippen LogP contribution in [0.15, 0.2) is 36.5 Å². The fourth-order valence-electron chi connectivity index (χ4n) is 2.66. The lowest BCUT2D eigenvalue weighted by molar-refractivity contribution is 0.0955. The molecule has 2 aromatic rings. The van der Waals surface area contributed by atoms with Gasteiger partial charge in [-0.2, -0.15) is 5.10 Å². The second kappa shape index (κ2) is 7.72. The van der Waals surface area contributed by atoms with Gasteiger partial charge >= 0.3 is 0 Å². The van der Waals surface area contributed by atoms with E-state index in [0.29, 0.717) is 24.5 Å². The van der Waals surface area contributed by atoms with Crippen molar-refractivity contribution in [1.29, 1.82) is 0 Å². The molecule has 1 saturated heterocycles. The fourth-order valence-corrected chi connectivity index (χ4v) is 2.66. The third kappa shape index (κ3) is 4.18. The summed E-state index contributed by atoms with van der Waals surface area (Å²) in [5.74, 6) is 0.105. The molecule has 1 aliphatic rings. The lowest BCUT2D eigenvalue weighted by Crippen LogP contribution is -2.29. The third-order valence-corrected chi connectivity index (χ3v) is 3.93. The number of hydrogen-bond donors (Lipinski definition) is 2. The predicted octanol–water partition coefficient (Wildman–Crippen LogP) is 2.06. The molecule has 1 amide bonds. The number of hydrogen-bond acceptors (Lipinski definition) is 5. The highest BCUT2D eigenvalue weighted by Crippen LogP contribution is 2.20. The Bertz CT molecular complexity index is 686. The number of carbonyl (C=O) groups excluding carboxylic acids is 1. The number of aromatic nitrogens is 2. The summed E-state index contributed by atoms with van der Waals surface area (Å²) in [5, 5.41) is 14.0. The largest absolute Gasteiger partial charge is 0.370 e. The number of anilines is 2. The van der Waals surface area contributed by atoms with Crippen LogP contribution in [-0.2, 0) is 0 Å². The Labute approximate surface area is 140 Å². The van der Waals surface area contributed by atoms with Gasteiger partial charge in [0.1, 0.15) is 5.82 Å². The number of benzene rings is 1. The van der Waals surface area contributed by atoms with E-state index in [0.717, 1.165) is 18.8 Å². The van der Waals surface area contributed by atoms with Gasteiger partial charge in [-0.15, -0.1) is 5.10 Å². The zero-order valence-corrected chi connectivity index (χ0v) is 13.3. The molecular formula is C17H20FN5O. The molecule has 2 N–H and O–H groups in total. The summed E-state index contributed by atoms with van der Waals surface area (Å²) in [6.07, 6.45) is 4.19. The predicted molar refractivity (Wildman–Crippen MR) is 90.7 cm³/mol. The number of carbonyl (C=O) groups is 1. The molecule has 1 aromatic heterocycles. The monoisotopic (exact) mass is 329 g/mol. The number of nitrogens with one attached hydrogen (secondary N) is 2. The van der Waals surface area contributed by atoms with Gasteiger partial charge in [-0.3, -0.25) is 4.79 Å². The van der Waals surface area contributed by atoms with Crippen LogP contribution in [0.1, 0.15) is 23.2 Å². The average molecular weight is 329 g/mol. The fraction of sp³-hybridized carbons (Fsp3) is 0.353. The van der Waals surface area contributed by atoms with Gasteiger partial charge in [-0.25, -0.2) is 4.39 Å². The molecule has 0 radical (unpaired) electrons. The van der Waals surface area contributed by atoms with Crippen LogP contribution in [-0.4, -0.2) is 42.3 Å². The van der Waals surface area contributed by atoms with E-state index in [1.807, 2.05) is 6.07 Å². The van der Waals surface area contributed by atoms with E-state index in [1.54, 1.807) is 6.20 Å². The van der Waals surface area contributed by atoms with Crippen LogP contribution in [0.25, 0.3) is 0 Å². The summed E-state index contributed by atoms with van der Waals surface area (Å²) < 4.78 is 12.8. The second-order valence-corrected chi connectivity index (χ2v) is 5.68. The van der Waals surface area contributed by atoms with Gasteiger partial charge < -0.3 is 15.5 Å². The summed E-state index contributed by atoms with van der Waals surface area (Å²) in [6, 6.07) is 7.44.